The van der Waals surface area contributed by atoms with E-state index in [-0.39, 0.29) is 0 Å². The van der Waals surface area contributed by atoms with Crippen LogP contribution in [0.15, 0.2) is 59.5 Å². The zero-order valence-corrected chi connectivity index (χ0v) is 14.0. The van der Waals surface area contributed by atoms with E-state index in [9.17, 15) is 9.59 Å². The van der Waals surface area contributed by atoms with E-state index in [4.69, 9.17) is 22.1 Å². The van der Waals surface area contributed by atoms with Crippen molar-refractivity contribution in [3.8, 4) is 0 Å². The van der Waals surface area contributed by atoms with Gasteiger partial charge >= 0.3 is 5.97 Å². The van der Waals surface area contributed by atoms with Crippen molar-refractivity contribution in [1.29, 1.82) is 0 Å². The highest BCUT2D eigenvalue weighted by molar-refractivity contribution is 8.00. The van der Waals surface area contributed by atoms with Gasteiger partial charge in [-0.1, -0.05) is 41.9 Å². The molecule has 2 N–H and O–H groups in total. The van der Waals surface area contributed by atoms with Crippen LogP contribution in [0.25, 0.3) is 0 Å². The Kier molecular flexibility index (Phi) is 6.07. The predicted octanol–water partition coefficient (Wildman–Crippen LogP) is 3.59. The predicted molar refractivity (Wildman–Crippen MR) is 91.2 cm³/mol. The standard InChI is InChI=1S/C17H16ClNO3S/c1-11(23-14-9-7-13(18)8-10-14)17(21)22-15(16(19)20)12-5-3-2-4-6-12/h2-11,15H,1H3,(H2,19,20)/t11-,15-/m1/s1. The fourth-order valence-corrected chi connectivity index (χ4v) is 2.87. The Labute approximate surface area is 144 Å². The summed E-state index contributed by atoms with van der Waals surface area (Å²) in [5.41, 5.74) is 5.90. The molecular formula is C17H16ClNO3S. The molecule has 0 saturated carbocycles. The van der Waals surface area contributed by atoms with Crippen LogP contribution < -0.4 is 5.73 Å². The SMILES string of the molecule is C[C@@H](Sc1ccc(Cl)cc1)C(=O)O[C@@H](C(N)=O)c1ccccc1. The molecule has 0 aromatic heterocycles. The Morgan fingerprint density at radius 2 is 1.70 bits per heavy atom. The molecule has 23 heavy (non-hydrogen) atoms. The van der Waals surface area contributed by atoms with E-state index in [2.05, 4.69) is 0 Å². The minimum atomic E-state index is -1.09. The van der Waals surface area contributed by atoms with Crippen molar-refractivity contribution in [2.45, 2.75) is 23.2 Å². The zero-order valence-electron chi connectivity index (χ0n) is 12.4. The number of esters is 1. The molecule has 0 heterocycles. The van der Waals surface area contributed by atoms with Crippen molar-refractivity contribution in [2.75, 3.05) is 0 Å². The summed E-state index contributed by atoms with van der Waals surface area (Å²) in [5.74, 6) is -1.20. The number of halogens is 1. The lowest BCUT2D eigenvalue weighted by Gasteiger charge is -2.18. The lowest BCUT2D eigenvalue weighted by atomic mass is 10.1. The fourth-order valence-electron chi connectivity index (χ4n) is 1.90. The third-order valence-corrected chi connectivity index (χ3v) is 4.40. The van der Waals surface area contributed by atoms with Gasteiger partial charge in [-0.25, -0.2) is 0 Å². The van der Waals surface area contributed by atoms with Gasteiger partial charge in [0.1, 0.15) is 5.25 Å². The Balaban J connectivity index is 2.03. The van der Waals surface area contributed by atoms with E-state index < -0.39 is 23.2 Å². The van der Waals surface area contributed by atoms with Gasteiger partial charge in [-0.15, -0.1) is 11.8 Å². The second-order valence-electron chi connectivity index (χ2n) is 4.84. The van der Waals surface area contributed by atoms with Crippen molar-refractivity contribution in [2.24, 2.45) is 5.73 Å². The molecule has 1 amide bonds. The summed E-state index contributed by atoms with van der Waals surface area (Å²) >= 11 is 7.15. The number of carbonyl (C=O) groups excluding carboxylic acids is 2. The molecule has 2 rings (SSSR count). The number of rotatable bonds is 6. The van der Waals surface area contributed by atoms with Crippen LogP contribution in [0.5, 0.6) is 0 Å². The molecule has 0 radical (unpaired) electrons. The number of nitrogens with two attached hydrogens (primary N) is 1. The first-order valence-electron chi connectivity index (χ1n) is 6.94. The van der Waals surface area contributed by atoms with Crippen molar-refractivity contribution in [3.63, 3.8) is 0 Å². The maximum absolute atomic E-state index is 12.2. The molecule has 2 aromatic rings. The molecule has 0 saturated heterocycles. The third-order valence-electron chi connectivity index (χ3n) is 3.05. The first-order valence-corrected chi connectivity index (χ1v) is 8.20. The molecule has 120 valence electrons. The van der Waals surface area contributed by atoms with Crippen LogP contribution >= 0.6 is 23.4 Å². The summed E-state index contributed by atoms with van der Waals surface area (Å²) < 4.78 is 5.30. The Morgan fingerprint density at radius 3 is 2.26 bits per heavy atom. The number of amides is 1. The minimum Gasteiger partial charge on any atom is -0.446 e. The van der Waals surface area contributed by atoms with Crippen molar-refractivity contribution < 1.29 is 14.3 Å². The highest BCUT2D eigenvalue weighted by Crippen LogP contribution is 2.27. The van der Waals surface area contributed by atoms with Gasteiger partial charge in [0.2, 0.25) is 6.10 Å². The van der Waals surface area contributed by atoms with Gasteiger partial charge in [0.15, 0.2) is 0 Å². The van der Waals surface area contributed by atoms with Gasteiger partial charge < -0.3 is 10.5 Å². The van der Waals surface area contributed by atoms with Crippen LogP contribution in [0.2, 0.25) is 5.02 Å². The highest BCUT2D eigenvalue weighted by Gasteiger charge is 2.25. The Hall–Kier alpha value is -1.98. The van der Waals surface area contributed by atoms with E-state index in [1.165, 1.54) is 11.8 Å². The minimum absolute atomic E-state index is 0.485. The number of benzene rings is 2. The molecule has 4 nitrogen and oxygen atoms in total. The van der Waals surface area contributed by atoms with Gasteiger partial charge in [0.25, 0.3) is 5.91 Å². The number of ether oxygens (including phenoxy) is 1. The van der Waals surface area contributed by atoms with Crippen LogP contribution in [0.4, 0.5) is 0 Å². The molecule has 2 atom stereocenters. The van der Waals surface area contributed by atoms with Gasteiger partial charge in [-0.2, -0.15) is 0 Å². The Bertz CT molecular complexity index is 676. The summed E-state index contributed by atoms with van der Waals surface area (Å²) in [6.45, 7) is 1.71. The summed E-state index contributed by atoms with van der Waals surface area (Å²) in [5, 5.41) is 0.143. The number of hydrogen-bond acceptors (Lipinski definition) is 4. The summed E-state index contributed by atoms with van der Waals surface area (Å²) in [7, 11) is 0. The van der Waals surface area contributed by atoms with E-state index in [0.29, 0.717) is 10.6 Å². The summed E-state index contributed by atoms with van der Waals surface area (Å²) in [6, 6.07) is 15.8. The van der Waals surface area contributed by atoms with Gasteiger partial charge in [-0.05, 0) is 31.2 Å². The van der Waals surface area contributed by atoms with E-state index in [0.717, 1.165) is 4.90 Å². The van der Waals surface area contributed by atoms with Gasteiger partial charge in [-0.3, -0.25) is 9.59 Å². The topological polar surface area (TPSA) is 69.4 Å². The molecule has 0 fully saturated rings. The number of primary amides is 1. The molecule has 0 aliphatic carbocycles. The van der Waals surface area contributed by atoms with Gasteiger partial charge in [0, 0.05) is 15.5 Å². The lowest BCUT2D eigenvalue weighted by molar-refractivity contribution is -0.154. The smallest absolute Gasteiger partial charge is 0.320 e. The Morgan fingerprint density at radius 1 is 1.09 bits per heavy atom. The van der Waals surface area contributed by atoms with E-state index in [1.807, 2.05) is 18.2 Å². The van der Waals surface area contributed by atoms with Crippen LogP contribution in [-0.2, 0) is 14.3 Å². The normalized spacial score (nSPS) is 13.1. The second kappa shape index (κ2) is 8.04. The molecule has 2 aromatic carbocycles. The van der Waals surface area contributed by atoms with Crippen LogP contribution in [0.3, 0.4) is 0 Å². The maximum atomic E-state index is 12.2. The third kappa shape index (κ3) is 5.01. The molecule has 6 heteroatoms. The van der Waals surface area contributed by atoms with E-state index >= 15 is 0 Å². The highest BCUT2D eigenvalue weighted by atomic mass is 35.5. The number of carbonyl (C=O) groups is 2. The summed E-state index contributed by atoms with van der Waals surface area (Å²) in [4.78, 5) is 24.7. The van der Waals surface area contributed by atoms with Crippen LogP contribution in [0, 0.1) is 0 Å². The molecular weight excluding hydrogens is 334 g/mol. The molecule has 0 bridgehead atoms. The average Bonchev–Trinajstić information content (AvgIpc) is 2.55. The van der Waals surface area contributed by atoms with Crippen molar-refractivity contribution >= 4 is 35.2 Å². The van der Waals surface area contributed by atoms with Crippen molar-refractivity contribution in [3.05, 3.63) is 65.2 Å². The molecule has 0 aliphatic heterocycles. The monoisotopic (exact) mass is 349 g/mol. The fraction of sp³-hybridized carbons (Fsp3) is 0.176. The summed E-state index contributed by atoms with van der Waals surface area (Å²) in [6.07, 6.45) is -1.09. The molecule has 0 spiro atoms. The van der Waals surface area contributed by atoms with Gasteiger partial charge in [0.05, 0.1) is 0 Å². The van der Waals surface area contributed by atoms with Crippen LogP contribution in [0.1, 0.15) is 18.6 Å². The average molecular weight is 350 g/mol. The van der Waals surface area contributed by atoms with Crippen molar-refractivity contribution in [1.82, 2.24) is 0 Å². The first kappa shape index (κ1) is 17.4. The first-order chi connectivity index (χ1) is 11.0. The largest absolute Gasteiger partial charge is 0.446 e. The number of thioether (sulfide) groups is 1. The quantitative estimate of drug-likeness (QED) is 0.639. The zero-order chi connectivity index (χ0) is 16.8. The van der Waals surface area contributed by atoms with E-state index in [1.54, 1.807) is 43.3 Å². The second-order valence-corrected chi connectivity index (χ2v) is 6.69. The van der Waals surface area contributed by atoms with Crippen LogP contribution in [-0.4, -0.2) is 17.1 Å². The lowest BCUT2D eigenvalue weighted by Crippen LogP contribution is -2.29. The molecule has 0 aliphatic rings. The maximum Gasteiger partial charge on any atom is 0.320 e. The molecule has 0 unspecified atom stereocenters. The number of hydrogen-bond donors (Lipinski definition) is 1.